The summed E-state index contributed by atoms with van der Waals surface area (Å²) in [5, 5.41) is 11.6. The Labute approximate surface area is 104 Å². The number of carboxylic acid groups (broad SMARTS) is 1. The number of aliphatic carboxylic acids is 1. The van der Waals surface area contributed by atoms with Crippen LogP contribution in [0.1, 0.15) is 12.5 Å². The molecule has 0 aliphatic heterocycles. The highest BCUT2D eigenvalue weighted by Gasteiger charge is 2.08. The van der Waals surface area contributed by atoms with Crippen LogP contribution in [0.5, 0.6) is 0 Å². The molecule has 0 atom stereocenters. The summed E-state index contributed by atoms with van der Waals surface area (Å²) in [4.78, 5) is 22.0. The highest BCUT2D eigenvalue weighted by Crippen LogP contribution is 2.20. The first-order valence-electron chi connectivity index (χ1n) is 4.89. The quantitative estimate of drug-likeness (QED) is 0.814. The Bertz CT molecular complexity index is 495. The number of hydrogen-bond acceptors (Lipinski definition) is 2. The summed E-state index contributed by atoms with van der Waals surface area (Å²) >= 11 is 5.80. The van der Waals surface area contributed by atoms with Crippen LogP contribution in [0, 0.1) is 6.92 Å². The van der Waals surface area contributed by atoms with Crippen LogP contribution in [0.15, 0.2) is 29.8 Å². The van der Waals surface area contributed by atoms with E-state index in [-0.39, 0.29) is 5.57 Å². The Balaban J connectivity index is 2.88. The van der Waals surface area contributed by atoms with Crippen molar-refractivity contribution < 1.29 is 14.7 Å². The predicted octanol–water partition coefficient (Wildman–Crippen LogP) is 2.62. The fourth-order valence-corrected chi connectivity index (χ4v) is 1.37. The summed E-state index contributed by atoms with van der Waals surface area (Å²) < 4.78 is 0. The molecule has 0 aliphatic rings. The van der Waals surface area contributed by atoms with Gasteiger partial charge in [0.2, 0.25) is 0 Å². The summed E-state index contributed by atoms with van der Waals surface area (Å²) in [5.74, 6) is -1.61. The number of hydrogen-bond donors (Lipinski definition) is 2. The van der Waals surface area contributed by atoms with Gasteiger partial charge in [-0.25, -0.2) is 4.79 Å². The van der Waals surface area contributed by atoms with Gasteiger partial charge in [0.1, 0.15) is 0 Å². The molecule has 0 aliphatic carbocycles. The van der Waals surface area contributed by atoms with E-state index in [1.54, 1.807) is 18.2 Å². The van der Waals surface area contributed by atoms with Crippen molar-refractivity contribution >= 4 is 29.2 Å². The van der Waals surface area contributed by atoms with E-state index in [0.29, 0.717) is 10.7 Å². The third-order valence-electron chi connectivity index (χ3n) is 2.15. The van der Waals surface area contributed by atoms with Crippen molar-refractivity contribution in [3.63, 3.8) is 0 Å². The first-order chi connectivity index (χ1) is 7.90. The van der Waals surface area contributed by atoms with Crippen LogP contribution in [0.25, 0.3) is 0 Å². The Morgan fingerprint density at radius 2 is 2.06 bits per heavy atom. The second kappa shape index (κ2) is 5.50. The van der Waals surface area contributed by atoms with E-state index < -0.39 is 11.9 Å². The van der Waals surface area contributed by atoms with E-state index in [1.165, 1.54) is 6.92 Å². The molecular formula is C12H12ClNO3. The minimum Gasteiger partial charge on any atom is -0.478 e. The van der Waals surface area contributed by atoms with Crippen molar-refractivity contribution in [2.75, 3.05) is 5.32 Å². The molecule has 90 valence electrons. The van der Waals surface area contributed by atoms with E-state index in [9.17, 15) is 9.59 Å². The first kappa shape index (κ1) is 13.3. The van der Waals surface area contributed by atoms with Crippen molar-refractivity contribution in [1.29, 1.82) is 0 Å². The lowest BCUT2D eigenvalue weighted by Gasteiger charge is -2.08. The van der Waals surface area contributed by atoms with Crippen LogP contribution in [0.2, 0.25) is 5.02 Å². The van der Waals surface area contributed by atoms with Gasteiger partial charge in [0.25, 0.3) is 5.91 Å². The smallest absolute Gasteiger partial charge is 0.328 e. The van der Waals surface area contributed by atoms with Crippen LogP contribution in [-0.4, -0.2) is 17.0 Å². The van der Waals surface area contributed by atoms with Gasteiger partial charge in [0, 0.05) is 22.4 Å². The van der Waals surface area contributed by atoms with Gasteiger partial charge in [-0.3, -0.25) is 4.79 Å². The molecule has 0 saturated heterocycles. The van der Waals surface area contributed by atoms with Crippen LogP contribution in [-0.2, 0) is 9.59 Å². The molecule has 0 bridgehead atoms. The minimum absolute atomic E-state index is 0.122. The summed E-state index contributed by atoms with van der Waals surface area (Å²) in [6.45, 7) is 3.26. The Hall–Kier alpha value is -1.81. The molecule has 0 aromatic heterocycles. The maximum Gasteiger partial charge on any atom is 0.328 e. The molecule has 0 unspecified atom stereocenters. The zero-order chi connectivity index (χ0) is 13.0. The lowest BCUT2D eigenvalue weighted by atomic mass is 10.2. The number of rotatable bonds is 3. The normalized spacial score (nSPS) is 11.1. The summed E-state index contributed by atoms with van der Waals surface area (Å²) in [5.41, 5.74) is 1.54. The van der Waals surface area contributed by atoms with Gasteiger partial charge in [-0.2, -0.15) is 0 Å². The summed E-state index contributed by atoms with van der Waals surface area (Å²) in [7, 11) is 0. The summed E-state index contributed by atoms with van der Waals surface area (Å²) in [6, 6.07) is 5.10. The largest absolute Gasteiger partial charge is 0.478 e. The number of carbonyl (C=O) groups excluding carboxylic acids is 1. The van der Waals surface area contributed by atoms with E-state index in [2.05, 4.69) is 5.32 Å². The third-order valence-corrected chi connectivity index (χ3v) is 2.38. The van der Waals surface area contributed by atoms with E-state index in [0.717, 1.165) is 11.6 Å². The lowest BCUT2D eigenvalue weighted by Crippen LogP contribution is -2.14. The van der Waals surface area contributed by atoms with Gasteiger partial charge in [-0.05, 0) is 31.5 Å². The Morgan fingerprint density at radius 3 is 2.65 bits per heavy atom. The standard InChI is InChI=1S/C12H12ClNO3/c1-7-3-4-9(13)6-10(7)14-12(17)8(2)5-11(15)16/h3-6H,1-2H3,(H,14,17)(H,15,16)/b8-5-. The number of aryl methyl sites for hydroxylation is 1. The van der Waals surface area contributed by atoms with Gasteiger partial charge < -0.3 is 10.4 Å². The maximum absolute atomic E-state index is 11.6. The second-order valence-electron chi connectivity index (χ2n) is 3.58. The first-order valence-corrected chi connectivity index (χ1v) is 5.26. The molecular weight excluding hydrogens is 242 g/mol. The number of anilines is 1. The monoisotopic (exact) mass is 253 g/mol. The lowest BCUT2D eigenvalue weighted by molar-refractivity contribution is -0.131. The zero-order valence-electron chi connectivity index (χ0n) is 9.45. The molecule has 0 fully saturated rings. The number of amides is 1. The van der Waals surface area contributed by atoms with Crippen LogP contribution >= 0.6 is 11.6 Å². The zero-order valence-corrected chi connectivity index (χ0v) is 10.2. The maximum atomic E-state index is 11.6. The summed E-state index contributed by atoms with van der Waals surface area (Å²) in [6.07, 6.45) is 0.856. The van der Waals surface area contributed by atoms with Crippen molar-refractivity contribution in [3.8, 4) is 0 Å². The highest BCUT2D eigenvalue weighted by molar-refractivity contribution is 6.31. The molecule has 0 spiro atoms. The molecule has 0 radical (unpaired) electrons. The Kier molecular flexibility index (Phi) is 4.29. The van der Waals surface area contributed by atoms with E-state index in [1.807, 2.05) is 6.92 Å². The van der Waals surface area contributed by atoms with Gasteiger partial charge in [0.15, 0.2) is 0 Å². The molecule has 17 heavy (non-hydrogen) atoms. The SMILES string of the molecule is C/C(=C/C(=O)O)C(=O)Nc1cc(Cl)ccc1C. The van der Waals surface area contributed by atoms with Crippen LogP contribution < -0.4 is 5.32 Å². The number of carboxylic acids is 1. The van der Waals surface area contributed by atoms with Crippen LogP contribution in [0.4, 0.5) is 5.69 Å². The predicted molar refractivity (Wildman–Crippen MR) is 66.2 cm³/mol. The van der Waals surface area contributed by atoms with Crippen molar-refractivity contribution in [3.05, 3.63) is 40.4 Å². The Morgan fingerprint density at radius 1 is 1.41 bits per heavy atom. The van der Waals surface area contributed by atoms with E-state index >= 15 is 0 Å². The molecule has 4 nitrogen and oxygen atoms in total. The average molecular weight is 254 g/mol. The molecule has 0 heterocycles. The van der Waals surface area contributed by atoms with Crippen molar-refractivity contribution in [2.45, 2.75) is 13.8 Å². The van der Waals surface area contributed by atoms with Gasteiger partial charge in [-0.1, -0.05) is 17.7 Å². The van der Waals surface area contributed by atoms with Gasteiger partial charge in [-0.15, -0.1) is 0 Å². The molecule has 2 N–H and O–H groups in total. The number of halogens is 1. The third kappa shape index (κ3) is 3.92. The fraction of sp³-hybridized carbons (Fsp3) is 0.167. The minimum atomic E-state index is -1.15. The fourth-order valence-electron chi connectivity index (χ4n) is 1.20. The molecule has 5 heteroatoms. The second-order valence-corrected chi connectivity index (χ2v) is 4.02. The number of carbonyl (C=O) groups is 2. The van der Waals surface area contributed by atoms with Crippen LogP contribution in [0.3, 0.4) is 0 Å². The van der Waals surface area contributed by atoms with Gasteiger partial charge >= 0.3 is 5.97 Å². The average Bonchev–Trinajstić information content (AvgIpc) is 2.22. The van der Waals surface area contributed by atoms with Gasteiger partial charge in [0.05, 0.1) is 0 Å². The molecule has 0 saturated carbocycles. The molecule has 1 amide bonds. The highest BCUT2D eigenvalue weighted by atomic mass is 35.5. The molecule has 1 rings (SSSR count). The van der Waals surface area contributed by atoms with E-state index in [4.69, 9.17) is 16.7 Å². The molecule has 1 aromatic rings. The number of benzene rings is 1. The van der Waals surface area contributed by atoms with Crippen molar-refractivity contribution in [2.24, 2.45) is 0 Å². The topological polar surface area (TPSA) is 66.4 Å². The number of nitrogens with one attached hydrogen (secondary N) is 1. The molecule has 1 aromatic carbocycles. The van der Waals surface area contributed by atoms with Crippen molar-refractivity contribution in [1.82, 2.24) is 0 Å².